The monoisotopic (exact) mass is 297 g/mol. The molecule has 0 heterocycles. The summed E-state index contributed by atoms with van der Waals surface area (Å²) >= 11 is 4.78. The number of nitrogens with two attached hydrogens (primary N) is 1. The fraction of sp³-hybridized carbons (Fsp3) is 0.429. The first-order valence-electron chi connectivity index (χ1n) is 6.45. The first kappa shape index (κ1) is 16.4. The molecule has 1 aromatic rings. The van der Waals surface area contributed by atoms with E-state index in [1.807, 2.05) is 13.8 Å². The van der Waals surface area contributed by atoms with Crippen LogP contribution in [0.5, 0.6) is 0 Å². The van der Waals surface area contributed by atoms with E-state index in [0.717, 1.165) is 0 Å². The maximum Gasteiger partial charge on any atom is 0.242 e. The Morgan fingerprint density at radius 2 is 2.05 bits per heavy atom. The van der Waals surface area contributed by atoms with Gasteiger partial charge >= 0.3 is 0 Å². The molecule has 20 heavy (non-hydrogen) atoms. The number of hydrogen-bond acceptors (Lipinski definition) is 3. The number of hydrogen-bond donors (Lipinski definition) is 3. The summed E-state index contributed by atoms with van der Waals surface area (Å²) in [4.78, 5) is 11.9. The van der Waals surface area contributed by atoms with Crippen LogP contribution in [-0.4, -0.2) is 23.5 Å². The fourth-order valence-electron chi connectivity index (χ4n) is 1.54. The Labute approximate surface area is 123 Å². The Morgan fingerprint density at radius 1 is 1.40 bits per heavy atom. The summed E-state index contributed by atoms with van der Waals surface area (Å²) in [6, 6.07) is 3.87. The Balaban J connectivity index is 2.68. The van der Waals surface area contributed by atoms with Crippen LogP contribution in [0.2, 0.25) is 0 Å². The lowest BCUT2D eigenvalue weighted by Crippen LogP contribution is -2.39. The summed E-state index contributed by atoms with van der Waals surface area (Å²) in [6.45, 7) is 6.28. The number of benzene rings is 1. The minimum atomic E-state index is -0.529. The van der Waals surface area contributed by atoms with Crippen LogP contribution in [0.3, 0.4) is 0 Å². The molecule has 1 unspecified atom stereocenters. The number of amides is 1. The molecule has 0 bridgehead atoms. The van der Waals surface area contributed by atoms with Gasteiger partial charge in [0.25, 0.3) is 0 Å². The fourth-order valence-corrected chi connectivity index (χ4v) is 1.67. The van der Waals surface area contributed by atoms with Crippen LogP contribution in [0.4, 0.5) is 10.1 Å². The lowest BCUT2D eigenvalue weighted by molar-refractivity contribution is -0.121. The van der Waals surface area contributed by atoms with Gasteiger partial charge in [0.15, 0.2) is 0 Å². The van der Waals surface area contributed by atoms with Crippen LogP contribution < -0.4 is 16.4 Å². The maximum atomic E-state index is 13.8. The Morgan fingerprint density at radius 3 is 2.55 bits per heavy atom. The first-order chi connectivity index (χ1) is 9.31. The van der Waals surface area contributed by atoms with Crippen molar-refractivity contribution in [3.05, 3.63) is 29.6 Å². The molecular weight excluding hydrogens is 277 g/mol. The Bertz CT molecular complexity index is 505. The number of nitrogens with one attached hydrogen (secondary N) is 2. The quantitative estimate of drug-likeness (QED) is 0.703. The van der Waals surface area contributed by atoms with E-state index in [2.05, 4.69) is 10.6 Å². The third-order valence-electron chi connectivity index (χ3n) is 2.70. The second kappa shape index (κ2) is 7.19. The van der Waals surface area contributed by atoms with Gasteiger partial charge < -0.3 is 16.4 Å². The molecule has 1 aromatic carbocycles. The average Bonchev–Trinajstić information content (AvgIpc) is 2.37. The van der Waals surface area contributed by atoms with Crippen LogP contribution in [0.1, 0.15) is 26.3 Å². The molecular formula is C14H20FN3OS. The summed E-state index contributed by atoms with van der Waals surface area (Å²) in [5.74, 6) is -0.289. The van der Waals surface area contributed by atoms with Crippen LogP contribution in [0.15, 0.2) is 18.2 Å². The third-order valence-corrected chi connectivity index (χ3v) is 2.94. The zero-order chi connectivity index (χ0) is 15.3. The van der Waals surface area contributed by atoms with Gasteiger partial charge in [-0.1, -0.05) is 26.1 Å². The largest absolute Gasteiger partial charge is 0.389 e. The van der Waals surface area contributed by atoms with Gasteiger partial charge in [0.05, 0.1) is 5.69 Å². The van der Waals surface area contributed by atoms with E-state index in [1.165, 1.54) is 12.1 Å². The molecule has 0 aliphatic carbocycles. The molecule has 0 spiro atoms. The van der Waals surface area contributed by atoms with Crippen molar-refractivity contribution in [3.63, 3.8) is 0 Å². The number of carbonyl (C=O) groups is 1. The minimum Gasteiger partial charge on any atom is -0.389 e. The van der Waals surface area contributed by atoms with E-state index in [9.17, 15) is 9.18 Å². The molecule has 0 saturated carbocycles. The third kappa shape index (κ3) is 4.77. The molecule has 0 fully saturated rings. The minimum absolute atomic E-state index is 0.137. The lowest BCUT2D eigenvalue weighted by atomic mass is 10.1. The highest BCUT2D eigenvalue weighted by molar-refractivity contribution is 7.80. The highest BCUT2D eigenvalue weighted by atomic mass is 32.1. The molecule has 1 rings (SSSR count). The Hall–Kier alpha value is -1.69. The summed E-state index contributed by atoms with van der Waals surface area (Å²) in [7, 11) is 0. The van der Waals surface area contributed by atoms with Crippen molar-refractivity contribution in [3.8, 4) is 0 Å². The molecule has 0 aromatic heterocycles. The van der Waals surface area contributed by atoms with E-state index in [-0.39, 0.29) is 16.6 Å². The maximum absolute atomic E-state index is 13.8. The van der Waals surface area contributed by atoms with Crippen molar-refractivity contribution in [1.29, 1.82) is 0 Å². The second-order valence-corrected chi connectivity index (χ2v) is 5.50. The molecule has 4 nitrogen and oxygen atoms in total. The molecule has 0 aliphatic heterocycles. The predicted octanol–water partition coefficient (Wildman–Crippen LogP) is 2.03. The SMILES string of the molecule is CC(C)CNC(=O)C(C)Nc1ccc(C(N)=S)cc1F. The van der Waals surface area contributed by atoms with Gasteiger partial charge in [-0.25, -0.2) is 4.39 Å². The van der Waals surface area contributed by atoms with Crippen LogP contribution in [0.25, 0.3) is 0 Å². The van der Waals surface area contributed by atoms with Gasteiger partial charge in [-0.05, 0) is 31.0 Å². The average molecular weight is 297 g/mol. The van der Waals surface area contributed by atoms with Crippen molar-refractivity contribution in [2.45, 2.75) is 26.8 Å². The van der Waals surface area contributed by atoms with Gasteiger partial charge in [-0.15, -0.1) is 0 Å². The normalized spacial score (nSPS) is 12.1. The molecule has 0 radical (unpaired) electrons. The zero-order valence-electron chi connectivity index (χ0n) is 11.9. The lowest BCUT2D eigenvalue weighted by Gasteiger charge is -2.17. The molecule has 4 N–H and O–H groups in total. The number of halogens is 1. The van der Waals surface area contributed by atoms with E-state index in [1.54, 1.807) is 13.0 Å². The van der Waals surface area contributed by atoms with E-state index >= 15 is 0 Å². The van der Waals surface area contributed by atoms with Gasteiger partial charge in [0.2, 0.25) is 5.91 Å². The van der Waals surface area contributed by atoms with Gasteiger partial charge in [-0.2, -0.15) is 0 Å². The first-order valence-corrected chi connectivity index (χ1v) is 6.85. The van der Waals surface area contributed by atoms with E-state index in [4.69, 9.17) is 18.0 Å². The summed E-state index contributed by atoms with van der Waals surface area (Å²) in [6.07, 6.45) is 0. The number of thiocarbonyl (C=S) groups is 1. The summed E-state index contributed by atoms with van der Waals surface area (Å²) < 4.78 is 13.8. The molecule has 1 atom stereocenters. The molecule has 1 amide bonds. The van der Waals surface area contributed by atoms with Crippen LogP contribution in [-0.2, 0) is 4.79 Å². The molecule has 0 aliphatic rings. The van der Waals surface area contributed by atoms with Gasteiger partial charge in [0, 0.05) is 12.1 Å². The zero-order valence-corrected chi connectivity index (χ0v) is 12.7. The Kier molecular flexibility index (Phi) is 5.88. The molecule has 0 saturated heterocycles. The predicted molar refractivity (Wildman–Crippen MR) is 83.2 cm³/mol. The highest BCUT2D eigenvalue weighted by Crippen LogP contribution is 2.16. The van der Waals surface area contributed by atoms with Crippen LogP contribution >= 0.6 is 12.2 Å². The van der Waals surface area contributed by atoms with Crippen LogP contribution in [0, 0.1) is 11.7 Å². The molecule has 110 valence electrons. The van der Waals surface area contributed by atoms with Gasteiger partial charge in [-0.3, -0.25) is 4.79 Å². The van der Waals surface area contributed by atoms with E-state index < -0.39 is 11.9 Å². The smallest absolute Gasteiger partial charge is 0.242 e. The summed E-state index contributed by atoms with van der Waals surface area (Å²) in [5, 5.41) is 5.62. The van der Waals surface area contributed by atoms with Crippen molar-refractivity contribution in [1.82, 2.24) is 5.32 Å². The van der Waals surface area contributed by atoms with Crippen molar-refractivity contribution >= 4 is 28.8 Å². The number of anilines is 1. The van der Waals surface area contributed by atoms with E-state index in [0.29, 0.717) is 18.0 Å². The number of rotatable bonds is 6. The van der Waals surface area contributed by atoms with Crippen molar-refractivity contribution in [2.75, 3.05) is 11.9 Å². The summed E-state index contributed by atoms with van der Waals surface area (Å²) in [5.41, 5.74) is 6.14. The second-order valence-electron chi connectivity index (χ2n) is 5.06. The standard InChI is InChI=1S/C14H20FN3OS/c1-8(2)7-17-14(19)9(3)18-12-5-4-10(13(16)20)6-11(12)15/h4-6,8-9,18H,7H2,1-3H3,(H2,16,20)(H,17,19). The molecule has 6 heteroatoms. The number of carbonyl (C=O) groups excluding carboxylic acids is 1. The van der Waals surface area contributed by atoms with Gasteiger partial charge in [0.1, 0.15) is 16.8 Å². The highest BCUT2D eigenvalue weighted by Gasteiger charge is 2.14. The van der Waals surface area contributed by atoms with Crippen molar-refractivity contribution in [2.24, 2.45) is 11.7 Å². The topological polar surface area (TPSA) is 67.2 Å². The van der Waals surface area contributed by atoms with Crippen molar-refractivity contribution < 1.29 is 9.18 Å².